The van der Waals surface area contributed by atoms with Crippen molar-refractivity contribution in [3.8, 4) is 0 Å². The minimum absolute atomic E-state index is 0.131. The number of hydrogen-bond acceptors (Lipinski definition) is 3. The first-order valence-corrected chi connectivity index (χ1v) is 7.12. The van der Waals surface area contributed by atoms with E-state index < -0.39 is 0 Å². The number of nitrogens with zero attached hydrogens (tertiary/aromatic N) is 1. The van der Waals surface area contributed by atoms with Crippen molar-refractivity contribution in [3.63, 3.8) is 0 Å². The SMILES string of the molecule is O=C(Nc1ccc(Br)cn1)C1CC12CCNCC2. The van der Waals surface area contributed by atoms with Gasteiger partial charge in [-0.1, -0.05) is 0 Å². The summed E-state index contributed by atoms with van der Waals surface area (Å²) in [6, 6.07) is 3.70. The van der Waals surface area contributed by atoms with Crippen LogP contribution in [0.1, 0.15) is 19.3 Å². The third-order valence-corrected chi connectivity index (χ3v) is 4.55. The Morgan fingerprint density at radius 3 is 2.89 bits per heavy atom. The van der Waals surface area contributed by atoms with Crippen LogP contribution in [0.15, 0.2) is 22.8 Å². The van der Waals surface area contributed by atoms with Crippen LogP contribution in [0, 0.1) is 11.3 Å². The van der Waals surface area contributed by atoms with Gasteiger partial charge in [-0.15, -0.1) is 0 Å². The Kier molecular flexibility index (Phi) is 3.11. The quantitative estimate of drug-likeness (QED) is 0.880. The summed E-state index contributed by atoms with van der Waals surface area (Å²) < 4.78 is 0.918. The molecule has 1 saturated heterocycles. The van der Waals surface area contributed by atoms with Crippen LogP contribution in [-0.2, 0) is 4.79 Å². The van der Waals surface area contributed by atoms with E-state index in [1.54, 1.807) is 6.20 Å². The molecule has 4 nitrogen and oxygen atoms in total. The molecule has 1 atom stereocenters. The summed E-state index contributed by atoms with van der Waals surface area (Å²) in [4.78, 5) is 16.3. The van der Waals surface area contributed by atoms with E-state index in [9.17, 15) is 4.79 Å². The number of piperidine rings is 1. The Balaban J connectivity index is 1.61. The van der Waals surface area contributed by atoms with Crippen molar-refractivity contribution in [2.45, 2.75) is 19.3 Å². The predicted octanol–water partition coefficient (Wildman–Crippen LogP) is 2.17. The molecule has 1 unspecified atom stereocenters. The lowest BCUT2D eigenvalue weighted by molar-refractivity contribution is -0.118. The molecule has 1 saturated carbocycles. The number of anilines is 1. The molecule has 1 spiro atoms. The minimum atomic E-state index is 0.131. The summed E-state index contributed by atoms with van der Waals surface area (Å²) >= 11 is 3.33. The van der Waals surface area contributed by atoms with Gasteiger partial charge in [0.25, 0.3) is 0 Å². The summed E-state index contributed by atoms with van der Waals surface area (Å²) in [6.45, 7) is 2.08. The topological polar surface area (TPSA) is 54.0 Å². The van der Waals surface area contributed by atoms with Gasteiger partial charge in [-0.3, -0.25) is 4.79 Å². The van der Waals surface area contributed by atoms with Crippen LogP contribution in [0.3, 0.4) is 0 Å². The highest BCUT2D eigenvalue weighted by atomic mass is 79.9. The molecule has 18 heavy (non-hydrogen) atoms. The van der Waals surface area contributed by atoms with Gasteiger partial charge < -0.3 is 10.6 Å². The van der Waals surface area contributed by atoms with Crippen LogP contribution in [0.25, 0.3) is 0 Å². The molecule has 5 heteroatoms. The third kappa shape index (κ3) is 2.29. The van der Waals surface area contributed by atoms with E-state index in [-0.39, 0.29) is 17.2 Å². The fourth-order valence-electron chi connectivity index (χ4n) is 2.86. The normalized spacial score (nSPS) is 24.8. The number of hydrogen-bond donors (Lipinski definition) is 2. The van der Waals surface area contributed by atoms with Crippen LogP contribution in [0.4, 0.5) is 5.82 Å². The highest BCUT2D eigenvalue weighted by Crippen LogP contribution is 2.58. The van der Waals surface area contributed by atoms with Gasteiger partial charge in [0.15, 0.2) is 0 Å². The van der Waals surface area contributed by atoms with E-state index in [1.807, 2.05) is 12.1 Å². The van der Waals surface area contributed by atoms with E-state index in [1.165, 1.54) is 0 Å². The summed E-state index contributed by atoms with van der Waals surface area (Å²) in [5.41, 5.74) is 0.282. The fourth-order valence-corrected chi connectivity index (χ4v) is 3.09. The second kappa shape index (κ2) is 4.63. The maximum atomic E-state index is 12.1. The number of nitrogens with one attached hydrogen (secondary N) is 2. The van der Waals surface area contributed by atoms with E-state index in [2.05, 4.69) is 31.5 Å². The standard InChI is InChI=1S/C13H16BrN3O/c14-9-1-2-11(16-8-9)17-12(18)10-7-13(10)3-5-15-6-4-13/h1-2,8,10,15H,3-7H2,(H,16,17,18). The zero-order chi connectivity index (χ0) is 12.6. The molecule has 1 aliphatic carbocycles. The number of aromatic nitrogens is 1. The molecule has 1 amide bonds. The monoisotopic (exact) mass is 309 g/mol. The molecular weight excluding hydrogens is 294 g/mol. The second-order valence-corrected chi connectivity index (χ2v) is 6.14. The molecular formula is C13H16BrN3O. The van der Waals surface area contributed by atoms with Crippen molar-refractivity contribution < 1.29 is 4.79 Å². The zero-order valence-corrected chi connectivity index (χ0v) is 11.7. The molecule has 1 aliphatic heterocycles. The number of carbonyl (C=O) groups excluding carboxylic acids is 1. The van der Waals surface area contributed by atoms with Crippen LogP contribution in [-0.4, -0.2) is 24.0 Å². The highest BCUT2D eigenvalue weighted by molar-refractivity contribution is 9.10. The van der Waals surface area contributed by atoms with Crippen molar-refractivity contribution in [2.75, 3.05) is 18.4 Å². The molecule has 0 aromatic carbocycles. The molecule has 3 rings (SSSR count). The zero-order valence-electron chi connectivity index (χ0n) is 10.1. The minimum Gasteiger partial charge on any atom is -0.317 e. The van der Waals surface area contributed by atoms with Gasteiger partial charge in [0.2, 0.25) is 5.91 Å². The number of amides is 1. The van der Waals surface area contributed by atoms with E-state index in [4.69, 9.17) is 0 Å². The predicted molar refractivity (Wildman–Crippen MR) is 73.2 cm³/mol. The first kappa shape index (κ1) is 12.1. The number of rotatable bonds is 2. The average Bonchev–Trinajstić information content (AvgIpc) is 3.07. The molecule has 0 bridgehead atoms. The van der Waals surface area contributed by atoms with Gasteiger partial charge in [-0.05, 0) is 65.8 Å². The maximum absolute atomic E-state index is 12.1. The summed E-state index contributed by atoms with van der Waals surface area (Å²) in [5, 5.41) is 6.26. The fraction of sp³-hybridized carbons (Fsp3) is 0.538. The maximum Gasteiger partial charge on any atom is 0.229 e. The van der Waals surface area contributed by atoms with Crippen molar-refractivity contribution in [2.24, 2.45) is 11.3 Å². The van der Waals surface area contributed by atoms with Crippen molar-refractivity contribution in [1.82, 2.24) is 10.3 Å². The summed E-state index contributed by atoms with van der Waals surface area (Å²) in [5.74, 6) is 0.955. The molecule has 2 heterocycles. The van der Waals surface area contributed by atoms with Crippen LogP contribution in [0.5, 0.6) is 0 Å². The van der Waals surface area contributed by atoms with Crippen molar-refractivity contribution >= 4 is 27.7 Å². The lowest BCUT2D eigenvalue weighted by atomic mass is 9.92. The van der Waals surface area contributed by atoms with E-state index in [0.717, 1.165) is 36.8 Å². The van der Waals surface area contributed by atoms with Crippen molar-refractivity contribution in [3.05, 3.63) is 22.8 Å². The Hall–Kier alpha value is -0.940. The van der Waals surface area contributed by atoms with Crippen LogP contribution in [0.2, 0.25) is 0 Å². The van der Waals surface area contributed by atoms with E-state index in [0.29, 0.717) is 5.82 Å². The van der Waals surface area contributed by atoms with Gasteiger partial charge in [0.05, 0.1) is 0 Å². The number of pyridine rings is 1. The van der Waals surface area contributed by atoms with Crippen LogP contribution >= 0.6 is 15.9 Å². The third-order valence-electron chi connectivity index (χ3n) is 4.08. The molecule has 96 valence electrons. The lowest BCUT2D eigenvalue weighted by Gasteiger charge is -2.23. The molecule has 2 fully saturated rings. The van der Waals surface area contributed by atoms with Gasteiger partial charge in [0.1, 0.15) is 5.82 Å². The number of carbonyl (C=O) groups is 1. The Bertz CT molecular complexity index is 454. The Morgan fingerprint density at radius 1 is 1.44 bits per heavy atom. The highest BCUT2D eigenvalue weighted by Gasteiger charge is 2.57. The second-order valence-electron chi connectivity index (χ2n) is 5.22. The van der Waals surface area contributed by atoms with Crippen molar-refractivity contribution in [1.29, 1.82) is 0 Å². The summed E-state index contributed by atoms with van der Waals surface area (Å²) in [7, 11) is 0. The molecule has 0 radical (unpaired) electrons. The average molecular weight is 310 g/mol. The Morgan fingerprint density at radius 2 is 2.22 bits per heavy atom. The van der Waals surface area contributed by atoms with Gasteiger partial charge >= 0.3 is 0 Å². The molecule has 1 aromatic heterocycles. The first-order valence-electron chi connectivity index (χ1n) is 6.33. The largest absolute Gasteiger partial charge is 0.317 e. The molecule has 1 aromatic rings. The summed E-state index contributed by atoms with van der Waals surface area (Å²) in [6.07, 6.45) is 4.98. The van der Waals surface area contributed by atoms with Gasteiger partial charge in [-0.2, -0.15) is 0 Å². The molecule has 2 N–H and O–H groups in total. The first-order chi connectivity index (χ1) is 8.70. The number of halogens is 1. The Labute approximate surface area is 115 Å². The van der Waals surface area contributed by atoms with Crippen LogP contribution < -0.4 is 10.6 Å². The smallest absolute Gasteiger partial charge is 0.229 e. The lowest BCUT2D eigenvalue weighted by Crippen LogP contribution is -2.31. The van der Waals surface area contributed by atoms with Gasteiger partial charge in [0, 0.05) is 16.6 Å². The van der Waals surface area contributed by atoms with E-state index >= 15 is 0 Å². The van der Waals surface area contributed by atoms with Gasteiger partial charge in [-0.25, -0.2) is 4.98 Å². The molecule has 2 aliphatic rings.